The third-order valence-corrected chi connectivity index (χ3v) is 12.7. The number of esters is 4. The van der Waals surface area contributed by atoms with Crippen molar-refractivity contribution in [3.05, 3.63) is 40.2 Å². The van der Waals surface area contributed by atoms with Gasteiger partial charge in [-0.3, -0.25) is 9.59 Å². The van der Waals surface area contributed by atoms with Gasteiger partial charge in [0.05, 0.1) is 16.4 Å². The number of benzene rings is 1. The Morgan fingerprint density at radius 3 is 1.71 bits per heavy atom. The molecule has 2 aliphatic carbocycles. The highest BCUT2D eigenvalue weighted by molar-refractivity contribution is 5.95. The van der Waals surface area contributed by atoms with Gasteiger partial charge in [0.2, 0.25) is 17.0 Å². The van der Waals surface area contributed by atoms with Gasteiger partial charge in [0.25, 0.3) is 0 Å². The molecule has 3 aliphatic heterocycles. The van der Waals surface area contributed by atoms with Gasteiger partial charge in [-0.2, -0.15) is 0 Å². The number of ether oxygens (including phenoxy) is 5. The summed E-state index contributed by atoms with van der Waals surface area (Å²) < 4.78 is 36.0. The first-order valence-electron chi connectivity index (χ1n) is 15.4. The largest absolute Gasteiger partial charge is 0.476 e. The standard InChI is InChI=1S/C34H38O11/c1-28(2)22(42-27(39)34-16-14-32(8,25(37)45-34)30(34,5)6)20(19-17-11-9-10-12-18(17)40-23(35)21(19)43-28)41-26(38)33-15-13-31(7,24(36)44-33)29(33,3)4/h9-12,20,22H,13-16H2,1-8H3/t20-,22-,31-,32-,33+,34+/m0/s1. The first kappa shape index (κ1) is 29.8. The van der Waals surface area contributed by atoms with E-state index in [1.54, 1.807) is 52.0 Å². The molecule has 45 heavy (non-hydrogen) atoms. The maximum atomic E-state index is 14.4. The average Bonchev–Trinajstić information content (AvgIpc) is 3.42. The molecule has 0 spiro atoms. The second kappa shape index (κ2) is 8.47. The summed E-state index contributed by atoms with van der Waals surface area (Å²) in [5.74, 6) is -2.74. The van der Waals surface area contributed by atoms with Crippen molar-refractivity contribution in [2.24, 2.45) is 21.7 Å². The van der Waals surface area contributed by atoms with Gasteiger partial charge < -0.3 is 28.1 Å². The van der Waals surface area contributed by atoms with Crippen molar-refractivity contribution in [3.8, 4) is 5.75 Å². The molecule has 6 atom stereocenters. The fourth-order valence-electron chi connectivity index (χ4n) is 8.52. The van der Waals surface area contributed by atoms with Gasteiger partial charge in [-0.25, -0.2) is 14.4 Å². The van der Waals surface area contributed by atoms with Crippen LogP contribution in [0.1, 0.15) is 92.7 Å². The molecule has 2 aromatic rings. The molecule has 7 rings (SSSR count). The van der Waals surface area contributed by atoms with Crippen LogP contribution in [-0.4, -0.2) is 46.8 Å². The molecule has 0 N–H and O–H groups in total. The van der Waals surface area contributed by atoms with Gasteiger partial charge in [-0.05, 0) is 59.4 Å². The molecule has 11 heteroatoms. The maximum absolute atomic E-state index is 14.4. The molecule has 11 nitrogen and oxygen atoms in total. The van der Waals surface area contributed by atoms with Crippen LogP contribution in [0.15, 0.2) is 33.5 Å². The Labute approximate surface area is 259 Å². The summed E-state index contributed by atoms with van der Waals surface area (Å²) in [6.07, 6.45) is -1.32. The molecule has 1 aromatic carbocycles. The summed E-state index contributed by atoms with van der Waals surface area (Å²) in [6.45, 7) is 14.0. The topological polar surface area (TPSA) is 145 Å². The molecule has 2 saturated carbocycles. The van der Waals surface area contributed by atoms with E-state index in [1.165, 1.54) is 0 Å². The predicted molar refractivity (Wildman–Crippen MR) is 156 cm³/mol. The summed E-state index contributed by atoms with van der Waals surface area (Å²) in [5, 5.41) is 0.414. The van der Waals surface area contributed by atoms with E-state index >= 15 is 0 Å². The molecule has 4 bridgehead atoms. The Balaban J connectivity index is 1.36. The molecule has 1 aromatic heterocycles. The number of hydrogen-bond acceptors (Lipinski definition) is 11. The van der Waals surface area contributed by atoms with Crippen molar-refractivity contribution in [1.29, 1.82) is 0 Å². The van der Waals surface area contributed by atoms with Crippen molar-refractivity contribution in [2.45, 2.75) is 110 Å². The highest BCUT2D eigenvalue weighted by atomic mass is 16.7. The van der Waals surface area contributed by atoms with E-state index in [1.807, 2.05) is 27.7 Å². The second-order valence-corrected chi connectivity index (χ2v) is 15.3. The summed E-state index contributed by atoms with van der Waals surface area (Å²) in [5.41, 5.74) is -8.62. The first-order chi connectivity index (χ1) is 20.8. The van der Waals surface area contributed by atoms with Gasteiger partial charge in [-0.15, -0.1) is 0 Å². The lowest BCUT2D eigenvalue weighted by atomic mass is 9.66. The predicted octanol–water partition coefficient (Wildman–Crippen LogP) is 4.70. The van der Waals surface area contributed by atoms with Crippen LogP contribution in [-0.2, 0) is 38.1 Å². The van der Waals surface area contributed by atoms with Crippen molar-refractivity contribution in [3.63, 3.8) is 0 Å². The van der Waals surface area contributed by atoms with E-state index in [4.69, 9.17) is 28.1 Å². The molecule has 5 aliphatic rings. The quantitative estimate of drug-likeness (QED) is 0.266. The summed E-state index contributed by atoms with van der Waals surface area (Å²) in [7, 11) is 0. The zero-order valence-corrected chi connectivity index (χ0v) is 26.8. The van der Waals surface area contributed by atoms with E-state index < -0.39 is 80.2 Å². The van der Waals surface area contributed by atoms with Crippen LogP contribution in [0.25, 0.3) is 11.0 Å². The van der Waals surface area contributed by atoms with Gasteiger partial charge in [-0.1, -0.05) is 45.9 Å². The van der Waals surface area contributed by atoms with Gasteiger partial charge in [0.1, 0.15) is 11.2 Å². The third kappa shape index (κ3) is 3.24. The van der Waals surface area contributed by atoms with Crippen molar-refractivity contribution in [2.75, 3.05) is 0 Å². The lowest BCUT2D eigenvalue weighted by Gasteiger charge is -2.45. The van der Waals surface area contributed by atoms with Gasteiger partial charge >= 0.3 is 29.5 Å². The third-order valence-electron chi connectivity index (χ3n) is 12.7. The molecule has 0 unspecified atom stereocenters. The number of carbonyl (C=O) groups excluding carboxylic acids is 4. The van der Waals surface area contributed by atoms with Crippen LogP contribution in [0.4, 0.5) is 0 Å². The normalized spacial score (nSPS) is 37.9. The summed E-state index contributed by atoms with van der Waals surface area (Å²) in [4.78, 5) is 68.0. The molecular weight excluding hydrogens is 584 g/mol. The van der Waals surface area contributed by atoms with Crippen molar-refractivity contribution in [1.82, 2.24) is 0 Å². The number of para-hydroxylation sites is 1. The average molecular weight is 623 g/mol. The van der Waals surface area contributed by atoms with Crippen molar-refractivity contribution < 1.29 is 47.3 Å². The minimum atomic E-state index is -1.60. The number of fused-ring (bicyclic) bond motifs is 7. The highest BCUT2D eigenvalue weighted by Gasteiger charge is 2.78. The lowest BCUT2D eigenvalue weighted by molar-refractivity contribution is -0.217. The fourth-order valence-corrected chi connectivity index (χ4v) is 8.52. The van der Waals surface area contributed by atoms with Crippen LogP contribution in [0.2, 0.25) is 0 Å². The maximum Gasteiger partial charge on any atom is 0.379 e. The molecule has 4 fully saturated rings. The van der Waals surface area contributed by atoms with Crippen LogP contribution in [0.5, 0.6) is 5.75 Å². The Morgan fingerprint density at radius 2 is 1.22 bits per heavy atom. The molecule has 4 heterocycles. The molecule has 0 radical (unpaired) electrons. The Kier molecular flexibility index (Phi) is 5.61. The minimum absolute atomic E-state index is 0.169. The van der Waals surface area contributed by atoms with E-state index in [0.29, 0.717) is 18.2 Å². The molecule has 240 valence electrons. The van der Waals surface area contributed by atoms with Crippen LogP contribution >= 0.6 is 0 Å². The van der Waals surface area contributed by atoms with Crippen LogP contribution in [0, 0.1) is 21.7 Å². The molecule has 2 saturated heterocycles. The van der Waals surface area contributed by atoms with Gasteiger partial charge in [0, 0.05) is 16.2 Å². The zero-order chi connectivity index (χ0) is 32.8. The van der Waals surface area contributed by atoms with E-state index in [2.05, 4.69) is 0 Å². The van der Waals surface area contributed by atoms with E-state index in [0.717, 1.165) is 0 Å². The Hall–Kier alpha value is -3.89. The zero-order valence-electron chi connectivity index (χ0n) is 26.8. The summed E-state index contributed by atoms with van der Waals surface area (Å²) in [6, 6.07) is 6.70. The SMILES string of the molecule is CC1(C)Oc2c(c3ccccc3oc2=O)[C@H](OC(=O)[C@@]23CC[C@@](C)(C(=O)O2)C3(C)C)[C@@H]1OC(=O)[C@@]12CC[C@@](C)(C(=O)O1)C2(C)C. The number of carbonyl (C=O) groups is 4. The minimum Gasteiger partial charge on any atom is -0.476 e. The summed E-state index contributed by atoms with van der Waals surface area (Å²) >= 11 is 0. The van der Waals surface area contributed by atoms with E-state index in [-0.39, 0.29) is 29.7 Å². The van der Waals surface area contributed by atoms with Crippen LogP contribution in [0.3, 0.4) is 0 Å². The molecular formula is C34H38O11. The lowest BCUT2D eigenvalue weighted by Crippen LogP contribution is -2.58. The Bertz CT molecular complexity index is 1780. The van der Waals surface area contributed by atoms with Crippen molar-refractivity contribution >= 4 is 34.8 Å². The second-order valence-electron chi connectivity index (χ2n) is 15.3. The van der Waals surface area contributed by atoms with Crippen LogP contribution < -0.4 is 10.4 Å². The first-order valence-corrected chi connectivity index (χ1v) is 15.4. The smallest absolute Gasteiger partial charge is 0.379 e. The fraction of sp³-hybridized carbons (Fsp3) is 0.618. The monoisotopic (exact) mass is 622 g/mol. The highest BCUT2D eigenvalue weighted by Crippen LogP contribution is 2.67. The number of hydrogen-bond donors (Lipinski definition) is 0. The van der Waals surface area contributed by atoms with Gasteiger partial charge in [0.15, 0.2) is 12.2 Å². The number of rotatable bonds is 4. The Morgan fingerprint density at radius 1 is 0.711 bits per heavy atom. The van der Waals surface area contributed by atoms with E-state index in [9.17, 15) is 24.0 Å². The molecule has 0 amide bonds.